The van der Waals surface area contributed by atoms with Crippen molar-refractivity contribution in [1.29, 1.82) is 0 Å². The van der Waals surface area contributed by atoms with Crippen molar-refractivity contribution in [2.24, 2.45) is 0 Å². The second-order valence-electron chi connectivity index (χ2n) is 9.76. The van der Waals surface area contributed by atoms with Gasteiger partial charge in [0.15, 0.2) is 5.78 Å². The van der Waals surface area contributed by atoms with E-state index in [1.54, 1.807) is 11.3 Å². The average Bonchev–Trinajstić information content (AvgIpc) is 3.45. The van der Waals surface area contributed by atoms with Crippen LogP contribution in [0, 0.1) is 5.82 Å². The fourth-order valence-corrected chi connectivity index (χ4v) is 6.43. The Balaban J connectivity index is 1.55. The van der Waals surface area contributed by atoms with Crippen LogP contribution < -0.4 is 15.5 Å². The maximum Gasteiger partial charge on any atom is 0.254 e. The highest BCUT2D eigenvalue weighted by molar-refractivity contribution is 7.10. The molecule has 1 aliphatic carbocycles. The van der Waals surface area contributed by atoms with Crippen LogP contribution in [-0.4, -0.2) is 24.8 Å². The summed E-state index contributed by atoms with van der Waals surface area (Å²) in [5, 5.41) is 8.39. The van der Waals surface area contributed by atoms with Crippen molar-refractivity contribution >= 4 is 34.4 Å². The third-order valence-electron chi connectivity index (χ3n) is 7.47. The zero-order valence-electron chi connectivity index (χ0n) is 21.9. The number of amides is 1. The molecule has 2 aliphatic rings. The van der Waals surface area contributed by atoms with Crippen molar-refractivity contribution in [3.8, 4) is 0 Å². The number of rotatable bonds is 7. The molecule has 3 aromatic rings. The molecule has 5 rings (SSSR count). The van der Waals surface area contributed by atoms with E-state index in [9.17, 15) is 14.0 Å². The Morgan fingerprint density at radius 3 is 2.39 bits per heavy atom. The molecule has 0 bridgehead atoms. The Labute approximate surface area is 227 Å². The van der Waals surface area contributed by atoms with Crippen molar-refractivity contribution in [3.63, 3.8) is 0 Å². The fraction of sp³-hybridized carbons (Fsp3) is 0.290. The van der Waals surface area contributed by atoms with E-state index >= 15 is 0 Å². The molecule has 38 heavy (non-hydrogen) atoms. The highest BCUT2D eigenvalue weighted by atomic mass is 32.1. The monoisotopic (exact) mass is 529 g/mol. The van der Waals surface area contributed by atoms with Gasteiger partial charge in [0, 0.05) is 70.1 Å². The number of anilines is 2. The van der Waals surface area contributed by atoms with Crippen LogP contribution in [0.4, 0.5) is 15.8 Å². The van der Waals surface area contributed by atoms with Gasteiger partial charge in [-0.15, -0.1) is 11.3 Å². The van der Waals surface area contributed by atoms with E-state index < -0.39 is 5.92 Å². The number of nitrogens with zero attached hydrogens (tertiary/aromatic N) is 1. The van der Waals surface area contributed by atoms with Crippen LogP contribution in [-0.2, 0) is 9.59 Å². The molecular formula is C31H32FN3O2S. The van der Waals surface area contributed by atoms with Gasteiger partial charge in [0.25, 0.3) is 5.91 Å². The van der Waals surface area contributed by atoms with Gasteiger partial charge in [0.1, 0.15) is 5.82 Å². The van der Waals surface area contributed by atoms with Crippen LogP contribution in [0.2, 0.25) is 0 Å². The Bertz CT molecular complexity index is 1390. The molecule has 0 fully saturated rings. The second kappa shape index (κ2) is 11.0. The van der Waals surface area contributed by atoms with Crippen molar-refractivity contribution in [1.82, 2.24) is 5.32 Å². The lowest BCUT2D eigenvalue weighted by Gasteiger charge is -2.37. The number of dihydropyridines is 1. The van der Waals surface area contributed by atoms with Crippen molar-refractivity contribution < 1.29 is 14.0 Å². The van der Waals surface area contributed by atoms with Crippen LogP contribution >= 0.6 is 11.3 Å². The smallest absolute Gasteiger partial charge is 0.254 e. The molecule has 1 amide bonds. The lowest BCUT2D eigenvalue weighted by molar-refractivity contribution is -0.116. The molecule has 196 valence electrons. The minimum atomic E-state index is -0.491. The number of allylic oxidation sites excluding steroid dienone is 3. The number of benzene rings is 2. The first-order chi connectivity index (χ1) is 18.4. The summed E-state index contributed by atoms with van der Waals surface area (Å²) in [4.78, 5) is 30.9. The van der Waals surface area contributed by atoms with Crippen molar-refractivity contribution in [2.75, 3.05) is 23.3 Å². The number of nitrogens with one attached hydrogen (secondary N) is 2. The predicted octanol–water partition coefficient (Wildman–Crippen LogP) is 6.73. The summed E-state index contributed by atoms with van der Waals surface area (Å²) >= 11 is 1.67. The molecule has 1 aliphatic heterocycles. The van der Waals surface area contributed by atoms with Gasteiger partial charge in [-0.25, -0.2) is 4.39 Å². The molecule has 1 aromatic heterocycles. The van der Waals surface area contributed by atoms with Gasteiger partial charge < -0.3 is 15.5 Å². The van der Waals surface area contributed by atoms with Gasteiger partial charge in [-0.1, -0.05) is 18.2 Å². The molecule has 0 saturated carbocycles. The van der Waals surface area contributed by atoms with Crippen LogP contribution in [0.3, 0.4) is 0 Å². The standard InChI is InChI=1S/C31H32FN3O2S/c1-4-35(5-2)24-14-8-20(9-15-24)29-28(31(37)34-23-12-10-22(32)11-13-23)19(3)33-25-17-21(18-26(36)30(25)29)27-7-6-16-38-27/h6-16,21,29,33H,4-5,17-18H2,1-3H3,(H,34,37)/t21-,29-/m1/s1. The zero-order valence-corrected chi connectivity index (χ0v) is 22.7. The summed E-state index contributed by atoms with van der Waals surface area (Å²) < 4.78 is 13.4. The average molecular weight is 530 g/mol. The summed E-state index contributed by atoms with van der Waals surface area (Å²) in [6, 6.07) is 18.0. The summed E-state index contributed by atoms with van der Waals surface area (Å²) in [5.74, 6) is -0.975. The number of halogens is 1. The normalized spacial score (nSPS) is 19.2. The van der Waals surface area contributed by atoms with Gasteiger partial charge in [-0.3, -0.25) is 9.59 Å². The van der Waals surface area contributed by atoms with Gasteiger partial charge in [-0.05, 0) is 80.6 Å². The van der Waals surface area contributed by atoms with Crippen LogP contribution in [0.25, 0.3) is 0 Å². The maximum absolute atomic E-state index is 13.8. The SMILES string of the molecule is CCN(CC)c1ccc([C@@H]2C(C(=O)Nc3ccc(F)cc3)=C(C)NC3=C2C(=O)C[C@H](c2cccs2)C3)cc1. The van der Waals surface area contributed by atoms with E-state index in [0.717, 1.165) is 42.2 Å². The number of thiophene rings is 1. The first kappa shape index (κ1) is 25.9. The Morgan fingerprint density at radius 1 is 1.05 bits per heavy atom. The number of Topliss-reactive ketones (excluding diaryl/α,β-unsaturated/α-hetero) is 1. The highest BCUT2D eigenvalue weighted by Gasteiger charge is 2.41. The lowest BCUT2D eigenvalue weighted by atomic mass is 9.72. The third kappa shape index (κ3) is 5.03. The predicted molar refractivity (Wildman–Crippen MR) is 152 cm³/mol. The topological polar surface area (TPSA) is 61.4 Å². The molecular weight excluding hydrogens is 497 g/mol. The van der Waals surface area contributed by atoms with Crippen molar-refractivity contribution in [2.45, 2.75) is 45.4 Å². The van der Waals surface area contributed by atoms with Gasteiger partial charge in [0.2, 0.25) is 0 Å². The summed E-state index contributed by atoms with van der Waals surface area (Å²) in [5.41, 5.74) is 5.30. The minimum absolute atomic E-state index is 0.0644. The molecule has 0 unspecified atom stereocenters. The molecule has 7 heteroatoms. The van der Waals surface area contributed by atoms with Crippen LogP contribution in [0.5, 0.6) is 0 Å². The van der Waals surface area contributed by atoms with E-state index in [4.69, 9.17) is 0 Å². The first-order valence-corrected chi connectivity index (χ1v) is 14.0. The Hall–Kier alpha value is -3.71. The Morgan fingerprint density at radius 2 is 1.76 bits per heavy atom. The van der Waals surface area contributed by atoms with E-state index in [1.807, 2.05) is 30.5 Å². The maximum atomic E-state index is 13.8. The second-order valence-corrected chi connectivity index (χ2v) is 10.7. The number of carbonyl (C=O) groups excluding carboxylic acids is 2. The minimum Gasteiger partial charge on any atom is -0.372 e. The largest absolute Gasteiger partial charge is 0.372 e. The highest BCUT2D eigenvalue weighted by Crippen LogP contribution is 2.46. The molecule has 2 aromatic carbocycles. The van der Waals surface area contributed by atoms with E-state index in [0.29, 0.717) is 23.3 Å². The van der Waals surface area contributed by atoms with Gasteiger partial charge in [-0.2, -0.15) is 0 Å². The number of ketones is 1. The number of hydrogen-bond acceptors (Lipinski definition) is 5. The van der Waals surface area contributed by atoms with Gasteiger partial charge >= 0.3 is 0 Å². The fourth-order valence-electron chi connectivity index (χ4n) is 5.60. The Kier molecular flexibility index (Phi) is 7.47. The molecule has 0 saturated heterocycles. The van der Waals surface area contributed by atoms with Gasteiger partial charge in [0.05, 0.1) is 0 Å². The molecule has 2 atom stereocenters. The number of carbonyl (C=O) groups is 2. The van der Waals surface area contributed by atoms with E-state index in [2.05, 4.69) is 47.6 Å². The summed E-state index contributed by atoms with van der Waals surface area (Å²) in [6.07, 6.45) is 1.14. The third-order valence-corrected chi connectivity index (χ3v) is 8.51. The van der Waals surface area contributed by atoms with E-state index in [-0.39, 0.29) is 23.4 Å². The van der Waals surface area contributed by atoms with Crippen LogP contribution in [0.1, 0.15) is 55.9 Å². The summed E-state index contributed by atoms with van der Waals surface area (Å²) in [6.45, 7) is 7.92. The van der Waals surface area contributed by atoms with Crippen LogP contribution in [0.15, 0.2) is 88.6 Å². The lowest BCUT2D eigenvalue weighted by Crippen LogP contribution is -2.37. The zero-order chi connectivity index (χ0) is 26.8. The molecule has 2 N–H and O–H groups in total. The molecule has 0 radical (unpaired) electrons. The number of hydrogen-bond donors (Lipinski definition) is 2. The van der Waals surface area contributed by atoms with Crippen molar-refractivity contribution in [3.05, 3.63) is 105 Å². The molecule has 0 spiro atoms. The van der Waals surface area contributed by atoms with E-state index in [1.165, 1.54) is 29.1 Å². The quantitative estimate of drug-likeness (QED) is 0.356. The molecule has 5 nitrogen and oxygen atoms in total. The summed E-state index contributed by atoms with van der Waals surface area (Å²) in [7, 11) is 0. The first-order valence-electron chi connectivity index (χ1n) is 13.1. The molecule has 2 heterocycles.